The van der Waals surface area contributed by atoms with Gasteiger partial charge in [-0.3, -0.25) is 4.79 Å². The summed E-state index contributed by atoms with van der Waals surface area (Å²) in [6.07, 6.45) is 2.20. The molecule has 0 bridgehead atoms. The van der Waals surface area contributed by atoms with Crippen LogP contribution in [0.25, 0.3) is 5.69 Å². The first-order valence-electron chi connectivity index (χ1n) is 8.28. The van der Waals surface area contributed by atoms with Gasteiger partial charge in [-0.2, -0.15) is 5.10 Å². The number of anilines is 1. The summed E-state index contributed by atoms with van der Waals surface area (Å²) in [4.78, 5) is 12.3. The third kappa shape index (κ3) is 2.58. The molecule has 2 heterocycles. The number of hydrogen-bond donors (Lipinski definition) is 2. The maximum absolute atomic E-state index is 12.3. The van der Waals surface area contributed by atoms with Crippen LogP contribution in [0.2, 0.25) is 0 Å². The molecule has 25 heavy (non-hydrogen) atoms. The Morgan fingerprint density at radius 3 is 2.68 bits per heavy atom. The molecule has 0 saturated carbocycles. The molecule has 1 aliphatic heterocycles. The quantitative estimate of drug-likeness (QED) is 0.752. The van der Waals surface area contributed by atoms with Crippen LogP contribution in [-0.2, 0) is 4.79 Å². The zero-order valence-electron chi connectivity index (χ0n) is 14.2. The van der Waals surface area contributed by atoms with Crippen LogP contribution in [0.1, 0.15) is 34.6 Å². The molecule has 1 atom stereocenters. The molecule has 5 heteroatoms. The summed E-state index contributed by atoms with van der Waals surface area (Å²) in [7, 11) is 0. The monoisotopic (exact) mass is 333 g/mol. The van der Waals surface area contributed by atoms with E-state index >= 15 is 0 Å². The van der Waals surface area contributed by atoms with Gasteiger partial charge in [-0.15, -0.1) is 0 Å². The first-order chi connectivity index (χ1) is 12.0. The molecule has 2 N–H and O–H groups in total. The van der Waals surface area contributed by atoms with E-state index in [4.69, 9.17) is 0 Å². The zero-order valence-corrected chi connectivity index (χ0v) is 14.2. The molecule has 3 aromatic rings. The van der Waals surface area contributed by atoms with Gasteiger partial charge in [0, 0.05) is 17.9 Å². The second-order valence-corrected chi connectivity index (χ2v) is 6.48. The topological polar surface area (TPSA) is 67.2 Å². The molecule has 1 amide bonds. The van der Waals surface area contributed by atoms with E-state index in [2.05, 4.69) is 30.3 Å². The minimum absolute atomic E-state index is 0.0300. The minimum Gasteiger partial charge on any atom is -0.508 e. The number of fused-ring (bicyclic) bond motifs is 1. The molecule has 1 aliphatic rings. The van der Waals surface area contributed by atoms with E-state index in [1.165, 1.54) is 5.56 Å². The number of amides is 1. The van der Waals surface area contributed by atoms with Crippen molar-refractivity contribution in [3.05, 3.63) is 70.9 Å². The molecule has 0 radical (unpaired) electrons. The van der Waals surface area contributed by atoms with Gasteiger partial charge in [0.05, 0.1) is 11.9 Å². The van der Waals surface area contributed by atoms with Crippen molar-refractivity contribution >= 4 is 11.7 Å². The summed E-state index contributed by atoms with van der Waals surface area (Å²) in [5.74, 6) is 0.846. The van der Waals surface area contributed by atoms with Gasteiger partial charge in [-0.25, -0.2) is 4.68 Å². The van der Waals surface area contributed by atoms with Crippen LogP contribution in [0.4, 0.5) is 5.82 Å². The van der Waals surface area contributed by atoms with Gasteiger partial charge in [0.1, 0.15) is 11.6 Å². The smallest absolute Gasteiger partial charge is 0.226 e. The lowest BCUT2D eigenvalue weighted by atomic mass is 9.87. The third-order valence-corrected chi connectivity index (χ3v) is 4.92. The molecule has 2 aromatic carbocycles. The zero-order chi connectivity index (χ0) is 17.6. The molecular formula is C20H19N3O2. The van der Waals surface area contributed by atoms with Crippen LogP contribution >= 0.6 is 0 Å². The number of nitrogens with zero attached hydrogens (tertiary/aromatic N) is 2. The highest BCUT2D eigenvalue weighted by molar-refractivity contribution is 5.94. The standard InChI is InChI=1S/C20H19N3O2/c1-12-4-3-5-18(13(12)2)23-20-17(11-21-23)16(10-19(25)22-20)14-6-8-15(24)9-7-14/h3-9,11,16,24H,10H2,1-2H3,(H,22,25). The van der Waals surface area contributed by atoms with Crippen molar-refractivity contribution in [1.29, 1.82) is 0 Å². The van der Waals surface area contributed by atoms with E-state index in [9.17, 15) is 9.90 Å². The maximum atomic E-state index is 12.3. The summed E-state index contributed by atoms with van der Waals surface area (Å²) in [5.41, 5.74) is 5.27. The average molecular weight is 333 g/mol. The lowest BCUT2D eigenvalue weighted by Gasteiger charge is -2.24. The third-order valence-electron chi connectivity index (χ3n) is 4.92. The lowest BCUT2D eigenvalue weighted by Crippen LogP contribution is -2.24. The Bertz CT molecular complexity index is 958. The van der Waals surface area contributed by atoms with Crippen molar-refractivity contribution < 1.29 is 9.90 Å². The average Bonchev–Trinajstić information content (AvgIpc) is 3.01. The van der Waals surface area contributed by atoms with E-state index < -0.39 is 0 Å². The molecule has 1 unspecified atom stereocenters. The molecule has 126 valence electrons. The van der Waals surface area contributed by atoms with Crippen LogP contribution in [-0.4, -0.2) is 20.8 Å². The molecule has 0 saturated heterocycles. The molecule has 4 rings (SSSR count). The van der Waals surface area contributed by atoms with Gasteiger partial charge in [-0.05, 0) is 48.7 Å². The Labute approximate surface area is 145 Å². The molecule has 0 aliphatic carbocycles. The summed E-state index contributed by atoms with van der Waals surface area (Å²) in [6, 6.07) is 13.1. The molecule has 0 spiro atoms. The number of aromatic nitrogens is 2. The van der Waals surface area contributed by atoms with Crippen LogP contribution < -0.4 is 5.32 Å². The maximum Gasteiger partial charge on any atom is 0.226 e. The first-order valence-corrected chi connectivity index (χ1v) is 8.28. The summed E-state index contributed by atoms with van der Waals surface area (Å²) >= 11 is 0. The van der Waals surface area contributed by atoms with E-state index in [1.54, 1.807) is 12.1 Å². The normalized spacial score (nSPS) is 16.4. The lowest BCUT2D eigenvalue weighted by molar-refractivity contribution is -0.116. The Kier molecular flexibility index (Phi) is 3.57. The second kappa shape index (κ2) is 5.77. The van der Waals surface area contributed by atoms with Crippen LogP contribution in [0.15, 0.2) is 48.7 Å². The SMILES string of the molecule is Cc1cccc(-n2ncc3c2NC(=O)CC3c2ccc(O)cc2)c1C. The highest BCUT2D eigenvalue weighted by Crippen LogP contribution is 2.38. The summed E-state index contributed by atoms with van der Waals surface area (Å²) in [6.45, 7) is 4.12. The van der Waals surface area contributed by atoms with Gasteiger partial charge in [-0.1, -0.05) is 24.3 Å². The van der Waals surface area contributed by atoms with Gasteiger partial charge in [0.2, 0.25) is 5.91 Å². The Hall–Kier alpha value is -3.08. The largest absolute Gasteiger partial charge is 0.508 e. The summed E-state index contributed by atoms with van der Waals surface area (Å²) < 4.78 is 1.81. The number of phenolic OH excluding ortho intramolecular Hbond substituents is 1. The van der Waals surface area contributed by atoms with Crippen molar-refractivity contribution in [2.24, 2.45) is 0 Å². The van der Waals surface area contributed by atoms with E-state index in [0.717, 1.165) is 28.2 Å². The number of aryl methyl sites for hydroxylation is 1. The first kappa shape index (κ1) is 15.4. The van der Waals surface area contributed by atoms with Crippen LogP contribution in [0.3, 0.4) is 0 Å². The van der Waals surface area contributed by atoms with Gasteiger partial charge in [0.15, 0.2) is 0 Å². The van der Waals surface area contributed by atoms with Crippen LogP contribution in [0.5, 0.6) is 5.75 Å². The number of carbonyl (C=O) groups is 1. The molecule has 0 fully saturated rings. The number of benzene rings is 2. The molecule has 1 aromatic heterocycles. The Morgan fingerprint density at radius 2 is 1.92 bits per heavy atom. The highest BCUT2D eigenvalue weighted by atomic mass is 16.3. The number of phenols is 1. The van der Waals surface area contributed by atoms with Crippen molar-refractivity contribution in [3.8, 4) is 11.4 Å². The van der Waals surface area contributed by atoms with Gasteiger partial charge >= 0.3 is 0 Å². The Morgan fingerprint density at radius 1 is 1.16 bits per heavy atom. The predicted octanol–water partition coefficient (Wildman–Crippen LogP) is 3.67. The highest BCUT2D eigenvalue weighted by Gasteiger charge is 2.30. The van der Waals surface area contributed by atoms with E-state index in [0.29, 0.717) is 6.42 Å². The van der Waals surface area contributed by atoms with E-state index in [-0.39, 0.29) is 17.6 Å². The minimum atomic E-state index is -0.0665. The van der Waals surface area contributed by atoms with Gasteiger partial charge < -0.3 is 10.4 Å². The number of aromatic hydroxyl groups is 1. The van der Waals surface area contributed by atoms with Crippen LogP contribution in [0, 0.1) is 13.8 Å². The van der Waals surface area contributed by atoms with Crippen molar-refractivity contribution in [3.63, 3.8) is 0 Å². The fourth-order valence-electron chi connectivity index (χ4n) is 3.37. The van der Waals surface area contributed by atoms with Crippen molar-refractivity contribution in [2.75, 3.05) is 5.32 Å². The molecular weight excluding hydrogens is 314 g/mol. The number of nitrogens with one attached hydrogen (secondary N) is 1. The van der Waals surface area contributed by atoms with E-state index in [1.807, 2.05) is 35.1 Å². The number of hydrogen-bond acceptors (Lipinski definition) is 3. The molecule has 5 nitrogen and oxygen atoms in total. The Balaban J connectivity index is 1.84. The van der Waals surface area contributed by atoms with Crippen molar-refractivity contribution in [1.82, 2.24) is 9.78 Å². The van der Waals surface area contributed by atoms with Gasteiger partial charge in [0.25, 0.3) is 0 Å². The second-order valence-electron chi connectivity index (χ2n) is 6.48. The summed E-state index contributed by atoms with van der Waals surface area (Å²) in [5, 5.41) is 17.0. The van der Waals surface area contributed by atoms with Crippen molar-refractivity contribution in [2.45, 2.75) is 26.2 Å². The number of rotatable bonds is 2. The predicted molar refractivity (Wildman–Crippen MR) is 96.2 cm³/mol. The fraction of sp³-hybridized carbons (Fsp3) is 0.200. The number of carbonyl (C=O) groups excluding carboxylic acids is 1. The fourth-order valence-corrected chi connectivity index (χ4v) is 3.37.